The van der Waals surface area contributed by atoms with Gasteiger partial charge in [-0.3, -0.25) is 4.98 Å². The molecule has 0 spiro atoms. The van der Waals surface area contributed by atoms with E-state index in [-0.39, 0.29) is 0 Å². The van der Waals surface area contributed by atoms with Gasteiger partial charge in [0.05, 0.1) is 22.9 Å². The van der Waals surface area contributed by atoms with Crippen LogP contribution >= 0.6 is 0 Å². The van der Waals surface area contributed by atoms with Crippen LogP contribution < -0.4 is 0 Å². The second kappa shape index (κ2) is 4.65. The van der Waals surface area contributed by atoms with E-state index >= 15 is 0 Å². The Bertz CT molecular complexity index is 1160. The Morgan fingerprint density at radius 2 is 1.52 bits per heavy atom. The summed E-state index contributed by atoms with van der Waals surface area (Å²) in [6.45, 7) is 0. The van der Waals surface area contributed by atoms with Crippen LogP contribution in [0.5, 0.6) is 0 Å². The van der Waals surface area contributed by atoms with Crippen molar-refractivity contribution in [3.05, 3.63) is 79.1 Å². The van der Waals surface area contributed by atoms with Crippen molar-refractivity contribution in [2.24, 2.45) is 0 Å². The maximum Gasteiger partial charge on any atom is 0.0832 e. The highest BCUT2D eigenvalue weighted by Crippen LogP contribution is 2.36. The Labute approximate surface area is 132 Å². The molecule has 0 saturated carbocycles. The van der Waals surface area contributed by atoms with Crippen molar-refractivity contribution in [2.75, 3.05) is 0 Å². The summed E-state index contributed by atoms with van der Waals surface area (Å²) >= 11 is 0. The van der Waals surface area contributed by atoms with Gasteiger partial charge in [0.25, 0.3) is 0 Å². The van der Waals surface area contributed by atoms with E-state index < -0.39 is 0 Å². The van der Waals surface area contributed by atoms with Gasteiger partial charge in [-0.15, -0.1) is 0 Å². The van der Waals surface area contributed by atoms with Gasteiger partial charge in [0.15, 0.2) is 0 Å². The Kier molecular flexibility index (Phi) is 2.50. The minimum atomic E-state index is 0.976. The number of rotatable bonds is 1. The summed E-state index contributed by atoms with van der Waals surface area (Å²) in [6, 6.07) is 22.8. The molecule has 23 heavy (non-hydrogen) atoms. The van der Waals surface area contributed by atoms with Crippen LogP contribution in [0.15, 0.2) is 79.1 Å². The maximum absolute atomic E-state index is 4.67. The minimum absolute atomic E-state index is 0.976. The second-order valence-corrected chi connectivity index (χ2v) is 5.60. The summed E-state index contributed by atoms with van der Waals surface area (Å²) in [5.74, 6) is 0. The molecule has 0 N–H and O–H groups in total. The fourth-order valence-electron chi connectivity index (χ4n) is 3.31. The molecule has 0 radical (unpaired) electrons. The molecule has 0 atom stereocenters. The van der Waals surface area contributed by atoms with Gasteiger partial charge in [-0.2, -0.15) is 5.10 Å². The zero-order valence-electron chi connectivity index (χ0n) is 12.3. The zero-order valence-corrected chi connectivity index (χ0v) is 12.3. The molecule has 0 aliphatic rings. The first-order valence-corrected chi connectivity index (χ1v) is 7.62. The van der Waals surface area contributed by atoms with Crippen LogP contribution in [0.3, 0.4) is 0 Å². The predicted molar refractivity (Wildman–Crippen MR) is 93.4 cm³/mol. The topological polar surface area (TPSA) is 30.2 Å². The molecule has 0 aliphatic carbocycles. The number of nitrogens with zero attached hydrogens (tertiary/aromatic N) is 3. The van der Waals surface area contributed by atoms with Gasteiger partial charge in [-0.05, 0) is 18.2 Å². The molecule has 3 nitrogen and oxygen atoms in total. The average Bonchev–Trinajstić information content (AvgIpc) is 2.97. The van der Waals surface area contributed by atoms with Gasteiger partial charge in [0.1, 0.15) is 0 Å². The van der Waals surface area contributed by atoms with Gasteiger partial charge in [-0.25, -0.2) is 4.52 Å². The first-order valence-electron chi connectivity index (χ1n) is 7.62. The SMILES string of the molecule is c1ccc(-c2c3ccccc3n3ncc4ccccc4c23)nc1. The van der Waals surface area contributed by atoms with Crippen LogP contribution in [-0.4, -0.2) is 14.6 Å². The number of hydrogen-bond donors (Lipinski definition) is 0. The first kappa shape index (κ1) is 12.4. The van der Waals surface area contributed by atoms with Gasteiger partial charge >= 0.3 is 0 Å². The fourth-order valence-corrected chi connectivity index (χ4v) is 3.31. The molecular formula is C20H13N3. The third-order valence-corrected chi connectivity index (χ3v) is 4.30. The van der Waals surface area contributed by atoms with E-state index in [4.69, 9.17) is 0 Å². The van der Waals surface area contributed by atoms with Crippen LogP contribution in [0.2, 0.25) is 0 Å². The molecule has 0 saturated heterocycles. The summed E-state index contributed by atoms with van der Waals surface area (Å²) in [5, 5.41) is 8.18. The van der Waals surface area contributed by atoms with E-state index in [2.05, 4.69) is 52.5 Å². The van der Waals surface area contributed by atoms with E-state index in [1.165, 1.54) is 10.8 Å². The van der Waals surface area contributed by atoms with Crippen molar-refractivity contribution in [1.29, 1.82) is 0 Å². The Hall–Kier alpha value is -3.20. The molecule has 3 heterocycles. The van der Waals surface area contributed by atoms with E-state index in [9.17, 15) is 0 Å². The minimum Gasteiger partial charge on any atom is -0.256 e. The van der Waals surface area contributed by atoms with E-state index in [1.54, 1.807) is 0 Å². The number of hydrogen-bond acceptors (Lipinski definition) is 2. The monoisotopic (exact) mass is 295 g/mol. The fraction of sp³-hybridized carbons (Fsp3) is 0. The summed E-state index contributed by atoms with van der Waals surface area (Å²) in [7, 11) is 0. The van der Waals surface area contributed by atoms with Crippen LogP contribution in [0.1, 0.15) is 0 Å². The van der Waals surface area contributed by atoms with Gasteiger partial charge in [0.2, 0.25) is 0 Å². The van der Waals surface area contributed by atoms with Crippen LogP contribution in [0.25, 0.3) is 38.4 Å². The highest BCUT2D eigenvalue weighted by atomic mass is 15.2. The van der Waals surface area contributed by atoms with Gasteiger partial charge < -0.3 is 0 Å². The Morgan fingerprint density at radius 1 is 0.739 bits per heavy atom. The number of pyridine rings is 1. The molecule has 0 amide bonds. The third-order valence-electron chi connectivity index (χ3n) is 4.30. The molecule has 2 aromatic carbocycles. The molecular weight excluding hydrogens is 282 g/mol. The lowest BCUT2D eigenvalue weighted by Crippen LogP contribution is -1.92. The highest BCUT2D eigenvalue weighted by Gasteiger charge is 2.16. The normalized spacial score (nSPS) is 11.5. The van der Waals surface area contributed by atoms with Crippen molar-refractivity contribution in [1.82, 2.24) is 14.6 Å². The lowest BCUT2D eigenvalue weighted by Gasteiger charge is -2.04. The lowest BCUT2D eigenvalue weighted by atomic mass is 10.0. The Balaban J connectivity index is 2.10. The molecule has 0 aliphatic heterocycles. The quantitative estimate of drug-likeness (QED) is 0.448. The molecule has 3 heteroatoms. The summed E-state index contributed by atoms with van der Waals surface area (Å²) < 4.78 is 2.03. The summed E-state index contributed by atoms with van der Waals surface area (Å²) in [5.41, 5.74) is 4.34. The predicted octanol–water partition coefficient (Wildman–Crippen LogP) is 4.70. The molecule has 0 bridgehead atoms. The van der Waals surface area contributed by atoms with Crippen LogP contribution in [-0.2, 0) is 0 Å². The van der Waals surface area contributed by atoms with E-state index in [0.717, 1.165) is 27.7 Å². The molecule has 5 aromatic rings. The van der Waals surface area contributed by atoms with Crippen molar-refractivity contribution in [2.45, 2.75) is 0 Å². The first-order chi connectivity index (χ1) is 11.4. The summed E-state index contributed by atoms with van der Waals surface area (Å²) in [4.78, 5) is 4.59. The largest absolute Gasteiger partial charge is 0.256 e. The number of benzene rings is 2. The zero-order chi connectivity index (χ0) is 15.2. The van der Waals surface area contributed by atoms with Crippen molar-refractivity contribution >= 4 is 27.2 Å². The van der Waals surface area contributed by atoms with Gasteiger partial charge in [0, 0.05) is 27.9 Å². The Morgan fingerprint density at radius 3 is 2.39 bits per heavy atom. The van der Waals surface area contributed by atoms with Crippen molar-refractivity contribution in [3.63, 3.8) is 0 Å². The molecule has 0 fully saturated rings. The smallest absolute Gasteiger partial charge is 0.0832 e. The second-order valence-electron chi connectivity index (χ2n) is 5.60. The summed E-state index contributed by atoms with van der Waals surface area (Å²) in [6.07, 6.45) is 3.77. The van der Waals surface area contributed by atoms with E-state index in [1.807, 2.05) is 41.2 Å². The molecule has 108 valence electrons. The van der Waals surface area contributed by atoms with Crippen molar-refractivity contribution in [3.8, 4) is 11.3 Å². The standard InChI is InChI=1S/C20H13N3/c1-2-8-15-14(7-1)13-22-23-18-11-4-3-9-16(18)19(20(15)23)17-10-5-6-12-21-17/h1-13H. The van der Waals surface area contributed by atoms with Crippen molar-refractivity contribution < 1.29 is 0 Å². The molecule has 3 aromatic heterocycles. The number of aromatic nitrogens is 3. The maximum atomic E-state index is 4.67. The van der Waals surface area contributed by atoms with Gasteiger partial charge in [-0.1, -0.05) is 48.5 Å². The van der Waals surface area contributed by atoms with E-state index in [0.29, 0.717) is 0 Å². The third kappa shape index (κ3) is 1.70. The number of fused-ring (bicyclic) bond motifs is 5. The average molecular weight is 295 g/mol. The lowest BCUT2D eigenvalue weighted by molar-refractivity contribution is 0.987. The highest BCUT2D eigenvalue weighted by molar-refractivity contribution is 6.13. The molecule has 0 unspecified atom stereocenters. The van der Waals surface area contributed by atoms with Crippen LogP contribution in [0, 0.1) is 0 Å². The molecule has 5 rings (SSSR count). The number of para-hydroxylation sites is 1. The van der Waals surface area contributed by atoms with Crippen LogP contribution in [0.4, 0.5) is 0 Å².